The molecule has 1 N–H and O–H groups in total. The van der Waals surface area contributed by atoms with Crippen LogP contribution in [0.2, 0.25) is 0 Å². The third-order valence-electron chi connectivity index (χ3n) is 5.18. The van der Waals surface area contributed by atoms with Crippen LogP contribution in [-0.2, 0) is 4.74 Å². The fourth-order valence-corrected chi connectivity index (χ4v) is 5.13. The molecule has 1 saturated heterocycles. The minimum atomic E-state index is -0.0857. The molecule has 2 atom stereocenters. The maximum atomic E-state index is 6.27. The molecule has 2 fully saturated rings. The van der Waals surface area contributed by atoms with Crippen LogP contribution >= 0.6 is 11.3 Å². The molecule has 3 rings (SSSR count). The summed E-state index contributed by atoms with van der Waals surface area (Å²) in [6.45, 7) is 8.90. The number of hydrogen-bond donors (Lipinski definition) is 1. The van der Waals surface area contributed by atoms with Crippen molar-refractivity contribution in [2.75, 3.05) is 0 Å². The molecule has 2 nitrogen and oxygen atoms in total. The quantitative estimate of drug-likeness (QED) is 0.853. The van der Waals surface area contributed by atoms with Gasteiger partial charge >= 0.3 is 0 Å². The number of ether oxygens (including phenoxy) is 1. The summed E-state index contributed by atoms with van der Waals surface area (Å²) in [4.78, 5) is 1.50. The van der Waals surface area contributed by atoms with E-state index in [-0.39, 0.29) is 11.2 Å². The van der Waals surface area contributed by atoms with E-state index in [1.54, 1.807) is 0 Å². The molecule has 1 aromatic rings. The van der Waals surface area contributed by atoms with Crippen molar-refractivity contribution in [2.45, 2.75) is 83.1 Å². The van der Waals surface area contributed by atoms with Gasteiger partial charge in [0.1, 0.15) is 0 Å². The van der Waals surface area contributed by atoms with Crippen LogP contribution in [0.1, 0.15) is 70.7 Å². The fraction of sp³-hybridized carbons (Fsp3) is 0.778. The topological polar surface area (TPSA) is 21.3 Å². The van der Waals surface area contributed by atoms with E-state index < -0.39 is 0 Å². The minimum Gasteiger partial charge on any atom is -0.368 e. The first-order valence-electron chi connectivity index (χ1n) is 8.37. The Morgan fingerprint density at radius 3 is 2.48 bits per heavy atom. The summed E-state index contributed by atoms with van der Waals surface area (Å²) in [7, 11) is 0. The van der Waals surface area contributed by atoms with Crippen molar-refractivity contribution in [2.24, 2.45) is 5.92 Å². The molecule has 2 heterocycles. The Balaban J connectivity index is 1.78. The highest BCUT2D eigenvalue weighted by molar-refractivity contribution is 7.10. The van der Waals surface area contributed by atoms with E-state index in [2.05, 4.69) is 50.5 Å². The van der Waals surface area contributed by atoms with Crippen LogP contribution in [0.15, 0.2) is 17.5 Å². The Morgan fingerprint density at radius 1 is 1.24 bits per heavy atom. The molecule has 0 amide bonds. The molecule has 2 unspecified atom stereocenters. The smallest absolute Gasteiger partial charge is 0.0787 e. The zero-order valence-corrected chi connectivity index (χ0v) is 14.6. The van der Waals surface area contributed by atoms with Crippen LogP contribution in [0.25, 0.3) is 0 Å². The highest BCUT2D eigenvalue weighted by Crippen LogP contribution is 2.42. The van der Waals surface area contributed by atoms with Gasteiger partial charge in [-0.05, 0) is 64.3 Å². The van der Waals surface area contributed by atoms with E-state index in [0.29, 0.717) is 12.1 Å². The maximum absolute atomic E-state index is 6.27. The van der Waals surface area contributed by atoms with E-state index in [1.165, 1.54) is 30.6 Å². The Kier molecular flexibility index (Phi) is 4.19. The number of hydrogen-bond acceptors (Lipinski definition) is 3. The van der Waals surface area contributed by atoms with E-state index in [9.17, 15) is 0 Å². The Hall–Kier alpha value is -0.380. The van der Waals surface area contributed by atoms with Gasteiger partial charge in [-0.15, -0.1) is 11.3 Å². The van der Waals surface area contributed by atoms with Gasteiger partial charge in [0.05, 0.1) is 11.2 Å². The molecule has 1 aliphatic heterocycles. The van der Waals surface area contributed by atoms with Crippen LogP contribution in [0.3, 0.4) is 0 Å². The largest absolute Gasteiger partial charge is 0.368 e. The van der Waals surface area contributed by atoms with Gasteiger partial charge < -0.3 is 10.1 Å². The van der Waals surface area contributed by atoms with Gasteiger partial charge in [0.25, 0.3) is 0 Å². The van der Waals surface area contributed by atoms with E-state index in [1.807, 2.05) is 11.3 Å². The zero-order valence-electron chi connectivity index (χ0n) is 13.8. The number of rotatable bonds is 4. The molecule has 118 valence electrons. The summed E-state index contributed by atoms with van der Waals surface area (Å²) >= 11 is 1.90. The second kappa shape index (κ2) is 5.68. The summed E-state index contributed by atoms with van der Waals surface area (Å²) in [5.41, 5.74) is -0.103. The lowest BCUT2D eigenvalue weighted by molar-refractivity contribution is -0.0708. The van der Waals surface area contributed by atoms with Gasteiger partial charge in [0.15, 0.2) is 0 Å². The first-order valence-corrected chi connectivity index (χ1v) is 9.25. The molecular formula is C18H29NOS. The lowest BCUT2D eigenvalue weighted by Gasteiger charge is -2.33. The molecule has 21 heavy (non-hydrogen) atoms. The van der Waals surface area contributed by atoms with Crippen LogP contribution in [0.4, 0.5) is 0 Å². The fourth-order valence-electron chi connectivity index (χ4n) is 4.25. The lowest BCUT2D eigenvalue weighted by Crippen LogP contribution is -2.46. The van der Waals surface area contributed by atoms with E-state index in [4.69, 9.17) is 4.74 Å². The average Bonchev–Trinajstić information content (AvgIpc) is 3.07. The minimum absolute atomic E-state index is 0.0170. The van der Waals surface area contributed by atoms with Gasteiger partial charge in [-0.25, -0.2) is 0 Å². The van der Waals surface area contributed by atoms with E-state index >= 15 is 0 Å². The second-order valence-electron chi connectivity index (χ2n) is 7.93. The third kappa shape index (κ3) is 3.35. The van der Waals surface area contributed by atoms with E-state index in [0.717, 1.165) is 12.3 Å². The first kappa shape index (κ1) is 15.5. The number of thiophene rings is 1. The summed E-state index contributed by atoms with van der Waals surface area (Å²) in [5.74, 6) is 0.795. The van der Waals surface area contributed by atoms with Crippen molar-refractivity contribution in [3.63, 3.8) is 0 Å². The SMILES string of the molecule is CC1(C)CC(NC(c2cccs2)C2CCCC2)C(C)(C)O1. The highest BCUT2D eigenvalue weighted by atomic mass is 32.1. The van der Waals surface area contributed by atoms with Crippen LogP contribution < -0.4 is 5.32 Å². The van der Waals surface area contributed by atoms with Crippen molar-refractivity contribution < 1.29 is 4.74 Å². The molecule has 0 radical (unpaired) electrons. The van der Waals surface area contributed by atoms with Gasteiger partial charge in [0.2, 0.25) is 0 Å². The molecule has 1 aromatic heterocycles. The lowest BCUT2D eigenvalue weighted by atomic mass is 9.90. The van der Waals surface area contributed by atoms with Crippen LogP contribution in [0.5, 0.6) is 0 Å². The molecule has 0 bridgehead atoms. The Morgan fingerprint density at radius 2 is 1.95 bits per heavy atom. The van der Waals surface area contributed by atoms with Crippen molar-refractivity contribution in [3.8, 4) is 0 Å². The maximum Gasteiger partial charge on any atom is 0.0787 e. The molecule has 0 spiro atoms. The Labute approximate surface area is 133 Å². The highest BCUT2D eigenvalue weighted by Gasteiger charge is 2.47. The molecule has 1 saturated carbocycles. The van der Waals surface area contributed by atoms with Crippen molar-refractivity contribution in [1.29, 1.82) is 0 Å². The Bertz CT molecular complexity index is 460. The third-order valence-corrected chi connectivity index (χ3v) is 6.13. The molecule has 0 aromatic carbocycles. The van der Waals surface area contributed by atoms with Gasteiger partial charge in [-0.2, -0.15) is 0 Å². The van der Waals surface area contributed by atoms with Gasteiger partial charge in [0, 0.05) is 17.0 Å². The molecule has 3 heteroatoms. The van der Waals surface area contributed by atoms with Gasteiger partial charge in [-0.3, -0.25) is 0 Å². The first-order chi connectivity index (χ1) is 9.87. The van der Waals surface area contributed by atoms with Crippen LogP contribution in [-0.4, -0.2) is 17.2 Å². The molecular weight excluding hydrogens is 278 g/mol. The zero-order chi connectivity index (χ0) is 15.1. The van der Waals surface area contributed by atoms with Crippen LogP contribution in [0, 0.1) is 5.92 Å². The van der Waals surface area contributed by atoms with Crippen molar-refractivity contribution >= 4 is 11.3 Å². The number of nitrogens with one attached hydrogen (secondary N) is 1. The van der Waals surface area contributed by atoms with Crippen molar-refractivity contribution in [3.05, 3.63) is 22.4 Å². The molecule has 2 aliphatic rings. The summed E-state index contributed by atoms with van der Waals surface area (Å²) < 4.78 is 6.27. The second-order valence-corrected chi connectivity index (χ2v) is 8.91. The average molecular weight is 308 g/mol. The summed E-state index contributed by atoms with van der Waals surface area (Å²) in [6, 6.07) is 5.42. The monoisotopic (exact) mass is 307 g/mol. The van der Waals surface area contributed by atoms with Crippen molar-refractivity contribution in [1.82, 2.24) is 5.32 Å². The summed E-state index contributed by atoms with van der Waals surface area (Å²) in [6.07, 6.45) is 6.61. The van der Waals surface area contributed by atoms with Gasteiger partial charge in [-0.1, -0.05) is 18.9 Å². The normalized spacial score (nSPS) is 29.8. The standard InChI is InChI=1S/C18H29NOS/c1-17(2)12-15(18(3,4)20-17)19-16(13-8-5-6-9-13)14-10-7-11-21-14/h7,10-11,13,15-16,19H,5-6,8-9,12H2,1-4H3. The predicted molar refractivity (Wildman–Crippen MR) is 89.8 cm³/mol. The summed E-state index contributed by atoms with van der Waals surface area (Å²) in [5, 5.41) is 6.20. The predicted octanol–water partition coefficient (Wildman–Crippen LogP) is 4.92. The molecule has 1 aliphatic carbocycles.